The Labute approximate surface area is 162 Å². The quantitative estimate of drug-likeness (QED) is 0.278. The van der Waals surface area contributed by atoms with Crippen LogP contribution >= 0.6 is 24.0 Å². The topological polar surface area (TPSA) is 39.7 Å². The van der Waals surface area contributed by atoms with Gasteiger partial charge in [-0.2, -0.15) is 0 Å². The highest BCUT2D eigenvalue weighted by Crippen LogP contribution is 2.08. The smallest absolute Gasteiger partial charge is 0.190 e. The van der Waals surface area contributed by atoms with Crippen LogP contribution in [-0.2, 0) is 6.42 Å². The van der Waals surface area contributed by atoms with Crippen molar-refractivity contribution >= 4 is 29.9 Å². The molecule has 4 nitrogen and oxygen atoms in total. The van der Waals surface area contributed by atoms with E-state index in [1.54, 1.807) is 13.1 Å². The van der Waals surface area contributed by atoms with Gasteiger partial charge in [-0.05, 0) is 63.4 Å². The second-order valence-corrected chi connectivity index (χ2v) is 6.02. The first-order chi connectivity index (χ1) is 11.3. The van der Waals surface area contributed by atoms with E-state index in [9.17, 15) is 4.39 Å². The minimum absolute atomic E-state index is 0. The fourth-order valence-electron chi connectivity index (χ4n) is 2.91. The summed E-state index contributed by atoms with van der Waals surface area (Å²) >= 11 is 0. The Bertz CT molecular complexity index is 490. The molecule has 6 heteroatoms. The van der Waals surface area contributed by atoms with Crippen molar-refractivity contribution in [2.24, 2.45) is 4.99 Å². The zero-order valence-electron chi connectivity index (χ0n) is 14.6. The van der Waals surface area contributed by atoms with Crippen LogP contribution < -0.4 is 10.6 Å². The van der Waals surface area contributed by atoms with Crippen LogP contribution in [0.5, 0.6) is 0 Å². The number of hydrogen-bond donors (Lipinski definition) is 2. The monoisotopic (exact) mass is 448 g/mol. The number of aliphatic imine (C=N–C) groups is 1. The summed E-state index contributed by atoms with van der Waals surface area (Å²) in [5, 5.41) is 6.56. The molecule has 1 aromatic carbocycles. The average Bonchev–Trinajstić information content (AvgIpc) is 3.08. The molecular formula is C18H30FIN4. The van der Waals surface area contributed by atoms with E-state index in [1.165, 1.54) is 45.0 Å². The maximum Gasteiger partial charge on any atom is 0.190 e. The summed E-state index contributed by atoms with van der Waals surface area (Å²) in [5.41, 5.74) is 0.737. The van der Waals surface area contributed by atoms with Gasteiger partial charge in [-0.3, -0.25) is 4.99 Å². The van der Waals surface area contributed by atoms with E-state index in [1.807, 2.05) is 12.1 Å². The SMILES string of the molecule is CN=C(NCCCCN1CCCC1)NCCc1ccccc1F.I. The first-order valence-corrected chi connectivity index (χ1v) is 8.70. The Hall–Kier alpha value is -0.890. The summed E-state index contributed by atoms with van der Waals surface area (Å²) < 4.78 is 13.5. The van der Waals surface area contributed by atoms with Crippen LogP contribution in [0.25, 0.3) is 0 Å². The molecule has 1 saturated heterocycles. The summed E-state index contributed by atoms with van der Waals surface area (Å²) in [7, 11) is 1.77. The van der Waals surface area contributed by atoms with Gasteiger partial charge >= 0.3 is 0 Å². The molecule has 2 rings (SSSR count). The number of nitrogens with one attached hydrogen (secondary N) is 2. The van der Waals surface area contributed by atoms with E-state index < -0.39 is 0 Å². The average molecular weight is 448 g/mol. The van der Waals surface area contributed by atoms with Crippen molar-refractivity contribution in [1.29, 1.82) is 0 Å². The summed E-state index contributed by atoms with van der Waals surface area (Å²) in [6.07, 6.45) is 5.74. The second kappa shape index (κ2) is 12.5. The van der Waals surface area contributed by atoms with E-state index >= 15 is 0 Å². The molecule has 0 bridgehead atoms. The van der Waals surface area contributed by atoms with E-state index in [4.69, 9.17) is 0 Å². The lowest BCUT2D eigenvalue weighted by Gasteiger charge is -2.15. The van der Waals surface area contributed by atoms with Gasteiger partial charge < -0.3 is 15.5 Å². The standard InChI is InChI=1S/C18H29FN4.HI/c1-20-18(21-11-4-5-13-23-14-6-7-15-23)22-12-10-16-8-2-3-9-17(16)19;/h2-3,8-9H,4-7,10-15H2,1H3,(H2,20,21,22);1H. The molecule has 1 aliphatic heterocycles. The molecule has 0 aromatic heterocycles. The molecule has 1 fully saturated rings. The molecule has 1 aliphatic rings. The second-order valence-electron chi connectivity index (χ2n) is 6.02. The van der Waals surface area contributed by atoms with E-state index in [-0.39, 0.29) is 29.8 Å². The summed E-state index contributed by atoms with van der Waals surface area (Å²) in [5.74, 6) is 0.654. The Morgan fingerprint density at radius 1 is 1.12 bits per heavy atom. The number of unbranched alkanes of at least 4 members (excludes halogenated alkanes) is 1. The van der Waals surface area contributed by atoms with Crippen molar-refractivity contribution < 1.29 is 4.39 Å². The summed E-state index contributed by atoms with van der Waals surface area (Å²) in [6.45, 7) is 5.35. The lowest BCUT2D eigenvalue weighted by Crippen LogP contribution is -2.39. The third-order valence-electron chi connectivity index (χ3n) is 4.26. The molecule has 0 amide bonds. The van der Waals surface area contributed by atoms with Gasteiger partial charge in [-0.15, -0.1) is 24.0 Å². The fraction of sp³-hybridized carbons (Fsp3) is 0.611. The normalized spacial score (nSPS) is 15.2. The first-order valence-electron chi connectivity index (χ1n) is 8.70. The number of likely N-dealkylation sites (tertiary alicyclic amines) is 1. The highest BCUT2D eigenvalue weighted by atomic mass is 127. The van der Waals surface area contributed by atoms with Gasteiger partial charge in [0, 0.05) is 20.1 Å². The number of hydrogen-bond acceptors (Lipinski definition) is 2. The minimum atomic E-state index is -0.140. The fourth-order valence-corrected chi connectivity index (χ4v) is 2.91. The maximum absolute atomic E-state index is 13.5. The number of halogens is 2. The molecule has 0 aliphatic carbocycles. The van der Waals surface area contributed by atoms with Crippen molar-refractivity contribution in [3.8, 4) is 0 Å². The van der Waals surface area contributed by atoms with Crippen LogP contribution in [0.15, 0.2) is 29.3 Å². The van der Waals surface area contributed by atoms with E-state index in [2.05, 4.69) is 20.5 Å². The van der Waals surface area contributed by atoms with Crippen molar-refractivity contribution in [2.45, 2.75) is 32.1 Å². The predicted octanol–water partition coefficient (Wildman–Crippen LogP) is 3.03. The molecule has 2 N–H and O–H groups in total. The highest BCUT2D eigenvalue weighted by Gasteiger charge is 2.10. The molecule has 0 saturated carbocycles. The zero-order valence-corrected chi connectivity index (χ0v) is 16.9. The van der Waals surface area contributed by atoms with Crippen LogP contribution in [-0.4, -0.2) is 50.6 Å². The summed E-state index contributed by atoms with van der Waals surface area (Å²) in [4.78, 5) is 6.75. The Morgan fingerprint density at radius 2 is 1.83 bits per heavy atom. The van der Waals surface area contributed by atoms with Gasteiger partial charge in [-0.25, -0.2) is 4.39 Å². The maximum atomic E-state index is 13.5. The van der Waals surface area contributed by atoms with Gasteiger partial charge in [0.15, 0.2) is 5.96 Å². The highest BCUT2D eigenvalue weighted by molar-refractivity contribution is 14.0. The molecule has 1 heterocycles. The van der Waals surface area contributed by atoms with Crippen molar-refractivity contribution in [3.63, 3.8) is 0 Å². The van der Waals surface area contributed by atoms with Gasteiger partial charge in [0.25, 0.3) is 0 Å². The molecule has 136 valence electrons. The van der Waals surface area contributed by atoms with E-state index in [0.717, 1.165) is 24.5 Å². The third-order valence-corrected chi connectivity index (χ3v) is 4.26. The lowest BCUT2D eigenvalue weighted by atomic mass is 10.1. The van der Waals surface area contributed by atoms with Crippen LogP contribution in [0.4, 0.5) is 4.39 Å². The van der Waals surface area contributed by atoms with Crippen molar-refractivity contribution in [1.82, 2.24) is 15.5 Å². The summed E-state index contributed by atoms with van der Waals surface area (Å²) in [6, 6.07) is 6.91. The zero-order chi connectivity index (χ0) is 16.3. The van der Waals surface area contributed by atoms with Gasteiger partial charge in [0.1, 0.15) is 5.82 Å². The Kier molecular flexibility index (Phi) is 11.0. The van der Waals surface area contributed by atoms with E-state index in [0.29, 0.717) is 13.0 Å². The first kappa shape index (κ1) is 21.2. The third kappa shape index (κ3) is 7.79. The van der Waals surface area contributed by atoms with Crippen LogP contribution in [0.1, 0.15) is 31.2 Å². The van der Waals surface area contributed by atoms with Crippen LogP contribution in [0, 0.1) is 5.82 Å². The molecule has 1 aromatic rings. The van der Waals surface area contributed by atoms with Gasteiger partial charge in [0.2, 0.25) is 0 Å². The number of benzene rings is 1. The Balaban J connectivity index is 0.00000288. The number of guanidine groups is 1. The molecule has 24 heavy (non-hydrogen) atoms. The molecule has 0 spiro atoms. The predicted molar refractivity (Wildman–Crippen MR) is 110 cm³/mol. The largest absolute Gasteiger partial charge is 0.356 e. The number of rotatable bonds is 8. The Morgan fingerprint density at radius 3 is 2.54 bits per heavy atom. The molecular weight excluding hydrogens is 418 g/mol. The molecule has 0 radical (unpaired) electrons. The lowest BCUT2D eigenvalue weighted by molar-refractivity contribution is 0.330. The van der Waals surface area contributed by atoms with Gasteiger partial charge in [-0.1, -0.05) is 18.2 Å². The number of nitrogens with zero attached hydrogens (tertiary/aromatic N) is 2. The molecule has 0 atom stereocenters. The van der Waals surface area contributed by atoms with Gasteiger partial charge in [0.05, 0.1) is 0 Å². The van der Waals surface area contributed by atoms with Crippen LogP contribution in [0.2, 0.25) is 0 Å². The van der Waals surface area contributed by atoms with Crippen molar-refractivity contribution in [3.05, 3.63) is 35.6 Å². The van der Waals surface area contributed by atoms with Crippen LogP contribution in [0.3, 0.4) is 0 Å². The molecule has 0 unspecified atom stereocenters. The van der Waals surface area contributed by atoms with Crippen molar-refractivity contribution in [2.75, 3.05) is 39.8 Å². The minimum Gasteiger partial charge on any atom is -0.356 e.